The molecule has 0 bridgehead atoms. The molecule has 0 spiro atoms. The van der Waals surface area contributed by atoms with Gasteiger partial charge in [-0.25, -0.2) is 4.79 Å². The van der Waals surface area contributed by atoms with E-state index < -0.39 is 36.3 Å². The highest BCUT2D eigenvalue weighted by atomic mass is 16.6. The number of ether oxygens (including phenoxy) is 1. The van der Waals surface area contributed by atoms with Gasteiger partial charge in [0, 0.05) is 11.8 Å². The van der Waals surface area contributed by atoms with Crippen molar-refractivity contribution in [2.24, 2.45) is 0 Å². The SMILES string of the molecule is C[C@@]1(O)[C@H](O)[C@@H](CO)O[C@H]1n1ccc(-c2ccccc2)nc1=O. The predicted octanol–water partition coefficient (Wildman–Crippen LogP) is -0.0881. The topological polar surface area (TPSA) is 105 Å². The number of nitrogens with zero attached hydrogens (tertiary/aromatic N) is 2. The van der Waals surface area contributed by atoms with Crippen molar-refractivity contribution in [2.45, 2.75) is 31.0 Å². The predicted molar refractivity (Wildman–Crippen MR) is 81.6 cm³/mol. The van der Waals surface area contributed by atoms with Crippen molar-refractivity contribution in [2.75, 3.05) is 6.61 Å². The van der Waals surface area contributed by atoms with E-state index >= 15 is 0 Å². The molecule has 1 aliphatic heterocycles. The van der Waals surface area contributed by atoms with Gasteiger partial charge in [-0.2, -0.15) is 4.98 Å². The zero-order valence-corrected chi connectivity index (χ0v) is 12.5. The van der Waals surface area contributed by atoms with E-state index in [0.717, 1.165) is 10.1 Å². The molecule has 0 radical (unpaired) electrons. The molecule has 0 unspecified atom stereocenters. The highest BCUT2D eigenvalue weighted by Gasteiger charge is 2.53. The minimum Gasteiger partial charge on any atom is -0.394 e. The fourth-order valence-corrected chi connectivity index (χ4v) is 2.75. The van der Waals surface area contributed by atoms with Gasteiger partial charge >= 0.3 is 5.69 Å². The highest BCUT2D eigenvalue weighted by molar-refractivity contribution is 5.57. The molecule has 122 valence electrons. The Hall–Kier alpha value is -2.06. The molecular weight excluding hydrogens is 300 g/mol. The molecule has 3 N–H and O–H groups in total. The van der Waals surface area contributed by atoms with Crippen LogP contribution in [0.4, 0.5) is 0 Å². The monoisotopic (exact) mass is 318 g/mol. The van der Waals surface area contributed by atoms with E-state index in [0.29, 0.717) is 5.69 Å². The molecule has 0 saturated carbocycles. The summed E-state index contributed by atoms with van der Waals surface area (Å²) in [6.07, 6.45) is -1.93. The van der Waals surface area contributed by atoms with Crippen LogP contribution in [0.3, 0.4) is 0 Å². The van der Waals surface area contributed by atoms with E-state index in [4.69, 9.17) is 4.74 Å². The third kappa shape index (κ3) is 2.68. The molecule has 0 aliphatic carbocycles. The first kappa shape index (κ1) is 15.8. The molecule has 23 heavy (non-hydrogen) atoms. The lowest BCUT2D eigenvalue weighted by Crippen LogP contribution is -2.46. The summed E-state index contributed by atoms with van der Waals surface area (Å²) < 4.78 is 6.54. The Balaban J connectivity index is 1.97. The third-order valence-electron chi connectivity index (χ3n) is 4.09. The van der Waals surface area contributed by atoms with Crippen LogP contribution in [0.2, 0.25) is 0 Å². The van der Waals surface area contributed by atoms with Gasteiger partial charge in [-0.3, -0.25) is 4.57 Å². The van der Waals surface area contributed by atoms with Gasteiger partial charge in [-0.05, 0) is 13.0 Å². The minimum absolute atomic E-state index is 0.460. The molecule has 1 fully saturated rings. The van der Waals surface area contributed by atoms with Crippen molar-refractivity contribution in [3.63, 3.8) is 0 Å². The molecular formula is C16H18N2O5. The summed E-state index contributed by atoms with van der Waals surface area (Å²) in [6, 6.07) is 10.9. The lowest BCUT2D eigenvalue weighted by atomic mass is 9.96. The Morgan fingerprint density at radius 1 is 1.30 bits per heavy atom. The maximum atomic E-state index is 12.3. The van der Waals surface area contributed by atoms with Crippen molar-refractivity contribution in [3.8, 4) is 11.3 Å². The van der Waals surface area contributed by atoms with Crippen molar-refractivity contribution in [1.82, 2.24) is 9.55 Å². The van der Waals surface area contributed by atoms with Gasteiger partial charge in [0.15, 0.2) is 6.23 Å². The van der Waals surface area contributed by atoms with Crippen LogP contribution >= 0.6 is 0 Å². The molecule has 2 heterocycles. The van der Waals surface area contributed by atoms with Gasteiger partial charge in [0.25, 0.3) is 0 Å². The normalized spacial score (nSPS) is 30.5. The van der Waals surface area contributed by atoms with Crippen LogP contribution in [-0.2, 0) is 4.74 Å². The molecule has 1 aromatic heterocycles. The summed E-state index contributed by atoms with van der Waals surface area (Å²) in [4.78, 5) is 16.3. The Labute approximate surface area is 132 Å². The number of aliphatic hydroxyl groups is 3. The number of hydrogen-bond donors (Lipinski definition) is 3. The summed E-state index contributed by atoms with van der Waals surface area (Å²) in [5.74, 6) is 0. The zero-order valence-electron chi connectivity index (χ0n) is 12.5. The van der Waals surface area contributed by atoms with Crippen LogP contribution in [-0.4, -0.2) is 49.3 Å². The second-order valence-electron chi connectivity index (χ2n) is 5.75. The molecule has 2 aromatic rings. The second-order valence-corrected chi connectivity index (χ2v) is 5.75. The van der Waals surface area contributed by atoms with Gasteiger partial charge in [0.2, 0.25) is 0 Å². The van der Waals surface area contributed by atoms with E-state index in [1.807, 2.05) is 30.3 Å². The molecule has 0 amide bonds. The molecule has 1 aromatic carbocycles. The Morgan fingerprint density at radius 3 is 2.57 bits per heavy atom. The molecule has 4 atom stereocenters. The van der Waals surface area contributed by atoms with Crippen LogP contribution in [0.25, 0.3) is 11.3 Å². The number of rotatable bonds is 3. The van der Waals surface area contributed by atoms with Gasteiger partial charge in [0.1, 0.15) is 17.8 Å². The average molecular weight is 318 g/mol. The van der Waals surface area contributed by atoms with Crippen molar-refractivity contribution in [3.05, 3.63) is 53.1 Å². The third-order valence-corrected chi connectivity index (χ3v) is 4.09. The standard InChI is InChI=1S/C16H18N2O5/c1-16(22)13(20)12(9-19)23-14(16)18-8-7-11(17-15(18)21)10-5-3-2-4-6-10/h2-8,12-14,19-20,22H,9H2,1H3/t12-,13-,14-,16-/m1/s1. The summed E-state index contributed by atoms with van der Waals surface area (Å²) in [5, 5.41) is 29.6. The molecule has 7 heteroatoms. The van der Waals surface area contributed by atoms with Gasteiger partial charge in [-0.15, -0.1) is 0 Å². The summed E-state index contributed by atoms with van der Waals surface area (Å²) in [5.41, 5.74) is -1.03. The van der Waals surface area contributed by atoms with Crippen LogP contribution < -0.4 is 5.69 Å². The van der Waals surface area contributed by atoms with Gasteiger partial charge in [-0.1, -0.05) is 30.3 Å². The molecule has 1 saturated heterocycles. The van der Waals surface area contributed by atoms with Crippen LogP contribution in [0.1, 0.15) is 13.2 Å². The maximum absolute atomic E-state index is 12.3. The summed E-state index contributed by atoms with van der Waals surface area (Å²) >= 11 is 0. The minimum atomic E-state index is -1.72. The number of aliphatic hydroxyl groups excluding tert-OH is 2. The Kier molecular flexibility index (Phi) is 4.03. The van der Waals surface area contributed by atoms with Crippen LogP contribution in [0, 0.1) is 0 Å². The Morgan fingerprint density at radius 2 is 2.00 bits per heavy atom. The maximum Gasteiger partial charge on any atom is 0.350 e. The number of aromatic nitrogens is 2. The largest absolute Gasteiger partial charge is 0.394 e. The van der Waals surface area contributed by atoms with Gasteiger partial charge < -0.3 is 20.1 Å². The fraction of sp³-hybridized carbons (Fsp3) is 0.375. The quantitative estimate of drug-likeness (QED) is 0.731. The lowest BCUT2D eigenvalue weighted by molar-refractivity contribution is -0.0986. The van der Waals surface area contributed by atoms with E-state index in [1.54, 1.807) is 6.07 Å². The number of hydrogen-bond acceptors (Lipinski definition) is 6. The lowest BCUT2D eigenvalue weighted by Gasteiger charge is -2.27. The van der Waals surface area contributed by atoms with Crippen LogP contribution in [0.5, 0.6) is 0 Å². The number of benzene rings is 1. The fourth-order valence-electron chi connectivity index (χ4n) is 2.75. The molecule has 3 rings (SSSR count). The van der Waals surface area contributed by atoms with E-state index in [1.165, 1.54) is 13.1 Å². The zero-order chi connectivity index (χ0) is 16.6. The van der Waals surface area contributed by atoms with Gasteiger partial charge in [0.05, 0.1) is 12.3 Å². The van der Waals surface area contributed by atoms with Crippen LogP contribution in [0.15, 0.2) is 47.4 Å². The molecule has 1 aliphatic rings. The first-order valence-corrected chi connectivity index (χ1v) is 7.26. The highest BCUT2D eigenvalue weighted by Crippen LogP contribution is 2.37. The average Bonchev–Trinajstić information content (AvgIpc) is 2.78. The van der Waals surface area contributed by atoms with E-state index in [2.05, 4.69) is 4.98 Å². The first-order chi connectivity index (χ1) is 10.9. The summed E-state index contributed by atoms with van der Waals surface area (Å²) in [7, 11) is 0. The Bertz CT molecular complexity index is 744. The smallest absolute Gasteiger partial charge is 0.350 e. The second kappa shape index (κ2) is 5.86. The molecule has 7 nitrogen and oxygen atoms in total. The first-order valence-electron chi connectivity index (χ1n) is 7.26. The van der Waals surface area contributed by atoms with E-state index in [9.17, 15) is 20.1 Å². The summed E-state index contributed by atoms with van der Waals surface area (Å²) in [6.45, 7) is 0.896. The van der Waals surface area contributed by atoms with Crippen molar-refractivity contribution < 1.29 is 20.1 Å². The van der Waals surface area contributed by atoms with Crippen molar-refractivity contribution >= 4 is 0 Å². The van der Waals surface area contributed by atoms with Crippen molar-refractivity contribution in [1.29, 1.82) is 0 Å². The van der Waals surface area contributed by atoms with E-state index in [-0.39, 0.29) is 0 Å².